The van der Waals surface area contributed by atoms with Crippen molar-refractivity contribution in [3.05, 3.63) is 71.3 Å². The number of aromatic nitrogens is 1. The maximum absolute atomic E-state index is 11.1. The first-order valence-electron chi connectivity index (χ1n) is 8.26. The van der Waals surface area contributed by atoms with Crippen molar-refractivity contribution in [2.45, 2.75) is 25.2 Å². The molecule has 0 bridgehead atoms. The van der Waals surface area contributed by atoms with Crippen LogP contribution in [-0.4, -0.2) is 17.9 Å². The third-order valence-electron chi connectivity index (χ3n) is 4.75. The summed E-state index contributed by atoms with van der Waals surface area (Å²) in [5, 5.41) is 1.12. The average molecular weight is 317 g/mol. The van der Waals surface area contributed by atoms with Crippen molar-refractivity contribution in [1.29, 1.82) is 0 Å². The summed E-state index contributed by atoms with van der Waals surface area (Å²) in [6.45, 7) is 0. The van der Waals surface area contributed by atoms with Gasteiger partial charge in [-0.15, -0.1) is 0 Å². The second kappa shape index (κ2) is 6.08. The maximum atomic E-state index is 11.1. The zero-order valence-electron chi connectivity index (χ0n) is 13.7. The van der Waals surface area contributed by atoms with Crippen LogP contribution in [0.5, 0.6) is 5.88 Å². The Bertz CT molecular complexity index is 891. The fourth-order valence-corrected chi connectivity index (χ4v) is 3.30. The van der Waals surface area contributed by atoms with Gasteiger partial charge in [0, 0.05) is 30.2 Å². The highest BCUT2D eigenvalue weighted by Crippen LogP contribution is 2.34. The number of carbonyl (C=O) groups excluding carboxylic acids is 1. The topological polar surface area (TPSA) is 39.2 Å². The molecule has 0 atom stereocenters. The van der Waals surface area contributed by atoms with E-state index in [0.717, 1.165) is 22.9 Å². The minimum Gasteiger partial charge on any atom is -0.481 e. The smallest absolute Gasteiger partial charge is 0.217 e. The van der Waals surface area contributed by atoms with Crippen LogP contribution in [0.15, 0.2) is 54.6 Å². The number of para-hydroxylation sites is 1. The fourth-order valence-electron chi connectivity index (χ4n) is 3.30. The third-order valence-corrected chi connectivity index (χ3v) is 4.75. The summed E-state index contributed by atoms with van der Waals surface area (Å²) in [5.74, 6) is 1.47. The number of ether oxygens (including phenoxy) is 1. The van der Waals surface area contributed by atoms with Crippen molar-refractivity contribution in [2.75, 3.05) is 7.11 Å². The monoisotopic (exact) mass is 317 g/mol. The van der Waals surface area contributed by atoms with E-state index in [9.17, 15) is 4.79 Å². The van der Waals surface area contributed by atoms with Gasteiger partial charge in [-0.25, -0.2) is 4.98 Å². The molecule has 1 aliphatic rings. The highest BCUT2D eigenvalue weighted by Gasteiger charge is 2.27. The number of hydrogen-bond acceptors (Lipinski definition) is 3. The molecule has 0 radical (unpaired) electrons. The van der Waals surface area contributed by atoms with Crippen LogP contribution in [0.1, 0.15) is 35.4 Å². The van der Waals surface area contributed by atoms with Gasteiger partial charge in [0.1, 0.15) is 5.78 Å². The van der Waals surface area contributed by atoms with Crippen molar-refractivity contribution in [1.82, 2.24) is 4.98 Å². The summed E-state index contributed by atoms with van der Waals surface area (Å²) >= 11 is 0. The Morgan fingerprint density at radius 3 is 2.54 bits per heavy atom. The Balaban J connectivity index is 1.60. The van der Waals surface area contributed by atoms with E-state index >= 15 is 0 Å². The summed E-state index contributed by atoms with van der Waals surface area (Å²) in [6, 6.07) is 18.8. The molecule has 1 aliphatic carbocycles. The Morgan fingerprint density at radius 2 is 1.83 bits per heavy atom. The Labute approximate surface area is 141 Å². The van der Waals surface area contributed by atoms with Gasteiger partial charge in [0.25, 0.3) is 0 Å². The molecule has 1 fully saturated rings. The van der Waals surface area contributed by atoms with Crippen molar-refractivity contribution < 1.29 is 9.53 Å². The number of ketones is 1. The van der Waals surface area contributed by atoms with E-state index < -0.39 is 0 Å². The number of benzene rings is 2. The molecular formula is C21H19NO2. The van der Waals surface area contributed by atoms with Crippen LogP contribution in [0.2, 0.25) is 0 Å². The van der Waals surface area contributed by atoms with Gasteiger partial charge in [-0.3, -0.25) is 4.79 Å². The van der Waals surface area contributed by atoms with Crippen LogP contribution < -0.4 is 4.74 Å². The molecule has 1 saturated carbocycles. The number of pyridine rings is 1. The van der Waals surface area contributed by atoms with E-state index in [1.54, 1.807) is 7.11 Å². The third kappa shape index (κ3) is 2.78. The van der Waals surface area contributed by atoms with Gasteiger partial charge in [0.15, 0.2) is 0 Å². The van der Waals surface area contributed by atoms with E-state index in [2.05, 4.69) is 41.4 Å². The molecule has 0 spiro atoms. The second-order valence-electron chi connectivity index (χ2n) is 6.41. The van der Waals surface area contributed by atoms with Gasteiger partial charge >= 0.3 is 0 Å². The van der Waals surface area contributed by atoms with Crippen LogP contribution in [0, 0.1) is 0 Å². The van der Waals surface area contributed by atoms with Crippen LogP contribution in [-0.2, 0) is 11.2 Å². The van der Waals surface area contributed by atoms with Gasteiger partial charge in [-0.05, 0) is 29.2 Å². The lowest BCUT2D eigenvalue weighted by molar-refractivity contribution is -0.124. The van der Waals surface area contributed by atoms with Crippen LogP contribution in [0.25, 0.3) is 10.9 Å². The lowest BCUT2D eigenvalue weighted by Gasteiger charge is -2.24. The largest absolute Gasteiger partial charge is 0.481 e. The Hall–Kier alpha value is -2.68. The molecular weight excluding hydrogens is 298 g/mol. The SMILES string of the molecule is COc1nc2ccccc2cc1Cc1ccc(C2CC(=O)C2)cc1. The van der Waals surface area contributed by atoms with E-state index in [-0.39, 0.29) is 0 Å². The molecule has 0 N–H and O–H groups in total. The first-order chi connectivity index (χ1) is 11.7. The predicted molar refractivity (Wildman–Crippen MR) is 94.5 cm³/mol. The summed E-state index contributed by atoms with van der Waals surface area (Å²) in [6.07, 6.45) is 2.18. The lowest BCUT2D eigenvalue weighted by Crippen LogP contribution is -2.20. The molecule has 3 aromatic rings. The number of methoxy groups -OCH3 is 1. The molecule has 2 aromatic carbocycles. The molecule has 24 heavy (non-hydrogen) atoms. The molecule has 0 amide bonds. The van der Waals surface area contributed by atoms with Crippen molar-refractivity contribution in [3.63, 3.8) is 0 Å². The van der Waals surface area contributed by atoms with Crippen LogP contribution in [0.3, 0.4) is 0 Å². The first kappa shape index (κ1) is 14.9. The number of hydrogen-bond donors (Lipinski definition) is 0. The molecule has 1 aromatic heterocycles. The van der Waals surface area contributed by atoms with Crippen LogP contribution in [0.4, 0.5) is 0 Å². The number of rotatable bonds is 4. The first-order valence-corrected chi connectivity index (χ1v) is 8.26. The number of carbonyl (C=O) groups is 1. The number of nitrogens with zero attached hydrogens (tertiary/aromatic N) is 1. The van der Waals surface area contributed by atoms with Gasteiger partial charge < -0.3 is 4.74 Å². The highest BCUT2D eigenvalue weighted by atomic mass is 16.5. The molecule has 0 aliphatic heterocycles. The predicted octanol–water partition coefficient (Wildman–Crippen LogP) is 4.28. The van der Waals surface area contributed by atoms with Gasteiger partial charge in [-0.1, -0.05) is 42.5 Å². The van der Waals surface area contributed by atoms with Crippen molar-refractivity contribution in [2.24, 2.45) is 0 Å². The quantitative estimate of drug-likeness (QED) is 0.721. The Kier molecular flexibility index (Phi) is 3.77. The van der Waals surface area contributed by atoms with Crippen molar-refractivity contribution in [3.8, 4) is 5.88 Å². The molecule has 0 saturated heterocycles. The molecule has 0 unspecified atom stereocenters. The zero-order valence-corrected chi connectivity index (χ0v) is 13.7. The van der Waals surface area contributed by atoms with Gasteiger partial charge in [0.2, 0.25) is 5.88 Å². The maximum Gasteiger partial charge on any atom is 0.217 e. The fraction of sp³-hybridized carbons (Fsp3) is 0.238. The van der Waals surface area contributed by atoms with Crippen LogP contribution >= 0.6 is 0 Å². The van der Waals surface area contributed by atoms with E-state index in [4.69, 9.17) is 4.74 Å². The lowest BCUT2D eigenvalue weighted by atomic mass is 9.79. The molecule has 4 rings (SSSR count). The number of Topliss-reactive ketones (excluding diaryl/α,β-unsaturated/α-hetero) is 1. The van der Waals surface area contributed by atoms with E-state index in [0.29, 0.717) is 30.4 Å². The summed E-state index contributed by atoms with van der Waals surface area (Å²) < 4.78 is 5.48. The average Bonchev–Trinajstić information content (AvgIpc) is 2.59. The normalized spacial score (nSPS) is 14.6. The minimum absolute atomic E-state index is 0.371. The van der Waals surface area contributed by atoms with Gasteiger partial charge in [0.05, 0.1) is 12.6 Å². The van der Waals surface area contributed by atoms with E-state index in [1.807, 2.05) is 18.2 Å². The zero-order chi connectivity index (χ0) is 16.5. The van der Waals surface area contributed by atoms with Crippen molar-refractivity contribution >= 4 is 16.7 Å². The second-order valence-corrected chi connectivity index (χ2v) is 6.41. The molecule has 1 heterocycles. The summed E-state index contributed by atoms with van der Waals surface area (Å²) in [7, 11) is 1.66. The standard InChI is InChI=1S/C21H19NO2/c1-24-21-18(11-16-4-2-3-5-20(16)22-21)10-14-6-8-15(9-7-14)17-12-19(23)13-17/h2-9,11,17H,10,12-13H2,1H3. The summed E-state index contributed by atoms with van der Waals surface area (Å²) in [5.41, 5.74) is 4.52. The minimum atomic E-state index is 0.371. The molecule has 120 valence electrons. The summed E-state index contributed by atoms with van der Waals surface area (Å²) in [4.78, 5) is 15.8. The molecule has 3 heteroatoms. The van der Waals surface area contributed by atoms with E-state index in [1.165, 1.54) is 11.1 Å². The Morgan fingerprint density at radius 1 is 1.08 bits per heavy atom. The van der Waals surface area contributed by atoms with Gasteiger partial charge in [-0.2, -0.15) is 0 Å². The molecule has 3 nitrogen and oxygen atoms in total. The number of fused-ring (bicyclic) bond motifs is 1. The highest BCUT2D eigenvalue weighted by molar-refractivity contribution is 5.86.